The van der Waals surface area contributed by atoms with E-state index in [1.807, 2.05) is 37.3 Å². The van der Waals surface area contributed by atoms with Crippen molar-refractivity contribution in [1.29, 1.82) is 0 Å². The van der Waals surface area contributed by atoms with Crippen LogP contribution in [0.15, 0.2) is 42.5 Å². The van der Waals surface area contributed by atoms with Crippen molar-refractivity contribution in [2.24, 2.45) is 0 Å². The number of benzene rings is 2. The van der Waals surface area contributed by atoms with E-state index in [1.54, 1.807) is 12.1 Å². The molecule has 3 rings (SSSR count). The van der Waals surface area contributed by atoms with Gasteiger partial charge in [-0.25, -0.2) is 4.98 Å². The molecule has 0 amide bonds. The number of hydrogen-bond donors (Lipinski definition) is 0. The summed E-state index contributed by atoms with van der Waals surface area (Å²) >= 11 is 12.0. The fourth-order valence-corrected chi connectivity index (χ4v) is 2.78. The molecule has 0 aliphatic carbocycles. The third-order valence-corrected chi connectivity index (χ3v) is 4.12. The molecule has 0 saturated heterocycles. The number of fused-ring (bicyclic) bond motifs is 1. The van der Waals surface area contributed by atoms with Gasteiger partial charge in [-0.15, -0.1) is 0 Å². The van der Waals surface area contributed by atoms with E-state index in [1.165, 1.54) is 0 Å². The Morgan fingerprint density at radius 3 is 2.54 bits per heavy atom. The Kier molecular flexibility index (Phi) is 5.61. The van der Waals surface area contributed by atoms with Crippen molar-refractivity contribution in [3.63, 3.8) is 0 Å². The minimum atomic E-state index is 0.361. The largest absolute Gasteiger partial charge is 0.486 e. The second-order valence-corrected chi connectivity index (χ2v) is 6.13. The van der Waals surface area contributed by atoms with E-state index in [0.717, 1.165) is 22.6 Å². The van der Waals surface area contributed by atoms with Crippen molar-refractivity contribution in [2.75, 3.05) is 13.2 Å². The highest BCUT2D eigenvalue weighted by molar-refractivity contribution is 6.31. The van der Waals surface area contributed by atoms with Gasteiger partial charge in [0.15, 0.2) is 0 Å². The fourth-order valence-electron chi connectivity index (χ4n) is 2.49. The van der Waals surface area contributed by atoms with Gasteiger partial charge in [0, 0.05) is 23.2 Å². The number of halogens is 2. The highest BCUT2D eigenvalue weighted by atomic mass is 35.5. The van der Waals surface area contributed by atoms with E-state index in [2.05, 4.69) is 9.55 Å². The van der Waals surface area contributed by atoms with Crippen LogP contribution >= 0.6 is 23.2 Å². The van der Waals surface area contributed by atoms with Crippen LogP contribution in [0.5, 0.6) is 5.75 Å². The van der Waals surface area contributed by atoms with Crippen LogP contribution in [0.2, 0.25) is 10.0 Å². The van der Waals surface area contributed by atoms with Gasteiger partial charge in [-0.3, -0.25) is 0 Å². The molecular formula is C18H18Cl2N2O2. The number of hydrogen-bond acceptors (Lipinski definition) is 3. The molecule has 1 aromatic heterocycles. The first-order chi connectivity index (χ1) is 11.7. The predicted molar refractivity (Wildman–Crippen MR) is 97.0 cm³/mol. The van der Waals surface area contributed by atoms with E-state index in [-0.39, 0.29) is 0 Å². The Morgan fingerprint density at radius 1 is 1.04 bits per heavy atom. The van der Waals surface area contributed by atoms with Crippen LogP contribution in [0.4, 0.5) is 0 Å². The summed E-state index contributed by atoms with van der Waals surface area (Å²) in [4.78, 5) is 4.66. The number of nitrogens with zero attached hydrogens (tertiary/aromatic N) is 2. The molecule has 0 radical (unpaired) electrons. The Balaban J connectivity index is 1.84. The molecule has 0 unspecified atom stereocenters. The highest BCUT2D eigenvalue weighted by Crippen LogP contribution is 2.22. The van der Waals surface area contributed by atoms with Crippen LogP contribution in [0.1, 0.15) is 12.7 Å². The van der Waals surface area contributed by atoms with Crippen LogP contribution in [0.3, 0.4) is 0 Å². The molecule has 0 aliphatic heterocycles. The van der Waals surface area contributed by atoms with Gasteiger partial charge in [0.1, 0.15) is 18.2 Å². The Labute approximate surface area is 150 Å². The molecule has 126 valence electrons. The summed E-state index contributed by atoms with van der Waals surface area (Å²) in [5.74, 6) is 1.59. The number of imidazole rings is 1. The minimum absolute atomic E-state index is 0.361. The lowest BCUT2D eigenvalue weighted by Gasteiger charge is -2.10. The van der Waals surface area contributed by atoms with Crippen LogP contribution in [0, 0.1) is 0 Å². The van der Waals surface area contributed by atoms with Crippen molar-refractivity contribution in [3.8, 4) is 5.75 Å². The summed E-state index contributed by atoms with van der Waals surface area (Å²) < 4.78 is 13.4. The van der Waals surface area contributed by atoms with Crippen molar-refractivity contribution >= 4 is 34.2 Å². The first kappa shape index (κ1) is 17.1. The molecule has 0 saturated carbocycles. The second kappa shape index (κ2) is 7.88. The molecule has 1 heterocycles. The topological polar surface area (TPSA) is 36.3 Å². The monoisotopic (exact) mass is 364 g/mol. The van der Waals surface area contributed by atoms with Crippen molar-refractivity contribution < 1.29 is 9.47 Å². The van der Waals surface area contributed by atoms with E-state index >= 15 is 0 Å². The zero-order valence-corrected chi connectivity index (χ0v) is 14.8. The van der Waals surface area contributed by atoms with Gasteiger partial charge in [-0.2, -0.15) is 0 Å². The first-order valence-corrected chi connectivity index (χ1v) is 8.53. The summed E-state index contributed by atoms with van der Waals surface area (Å²) in [6.07, 6.45) is 0. The molecule has 4 nitrogen and oxygen atoms in total. The number of rotatable bonds is 7. The summed E-state index contributed by atoms with van der Waals surface area (Å²) in [5.41, 5.74) is 1.88. The lowest BCUT2D eigenvalue weighted by atomic mass is 10.3. The van der Waals surface area contributed by atoms with Gasteiger partial charge in [-0.05, 0) is 49.4 Å². The first-order valence-electron chi connectivity index (χ1n) is 7.78. The minimum Gasteiger partial charge on any atom is -0.486 e. The lowest BCUT2D eigenvalue weighted by Crippen LogP contribution is -2.11. The van der Waals surface area contributed by atoms with Gasteiger partial charge < -0.3 is 14.0 Å². The second-order valence-electron chi connectivity index (χ2n) is 5.25. The zero-order valence-electron chi connectivity index (χ0n) is 13.3. The van der Waals surface area contributed by atoms with Gasteiger partial charge in [0.25, 0.3) is 0 Å². The standard InChI is InChI=1S/C18H18Cl2N2O2/c1-2-23-10-9-22-17-8-5-14(20)11-16(17)21-18(22)12-24-15-6-3-13(19)4-7-15/h3-8,11H,2,9-10,12H2,1H3. The van der Waals surface area contributed by atoms with Crippen LogP contribution in [-0.4, -0.2) is 22.8 Å². The Hall–Kier alpha value is -1.75. The van der Waals surface area contributed by atoms with Crippen molar-refractivity contribution in [2.45, 2.75) is 20.1 Å². The lowest BCUT2D eigenvalue weighted by molar-refractivity contribution is 0.138. The molecular weight excluding hydrogens is 347 g/mol. The average molecular weight is 365 g/mol. The van der Waals surface area contributed by atoms with Gasteiger partial charge in [-0.1, -0.05) is 23.2 Å². The molecule has 0 N–H and O–H groups in total. The molecule has 0 fully saturated rings. The maximum atomic E-state index is 6.08. The average Bonchev–Trinajstić information content (AvgIpc) is 2.91. The molecule has 24 heavy (non-hydrogen) atoms. The molecule has 0 bridgehead atoms. The normalized spacial score (nSPS) is 11.1. The van der Waals surface area contributed by atoms with E-state index in [0.29, 0.717) is 36.4 Å². The summed E-state index contributed by atoms with van der Waals surface area (Å²) in [7, 11) is 0. The Morgan fingerprint density at radius 2 is 1.79 bits per heavy atom. The van der Waals surface area contributed by atoms with Crippen LogP contribution in [0.25, 0.3) is 11.0 Å². The van der Waals surface area contributed by atoms with Crippen molar-refractivity contribution in [3.05, 3.63) is 58.3 Å². The van der Waals surface area contributed by atoms with E-state index in [4.69, 9.17) is 32.7 Å². The van der Waals surface area contributed by atoms with Gasteiger partial charge >= 0.3 is 0 Å². The van der Waals surface area contributed by atoms with E-state index < -0.39 is 0 Å². The molecule has 0 aliphatic rings. The van der Waals surface area contributed by atoms with Crippen LogP contribution in [-0.2, 0) is 17.9 Å². The third-order valence-electron chi connectivity index (χ3n) is 3.63. The third kappa shape index (κ3) is 4.01. The fraction of sp³-hybridized carbons (Fsp3) is 0.278. The zero-order chi connectivity index (χ0) is 16.9. The van der Waals surface area contributed by atoms with Crippen LogP contribution < -0.4 is 4.74 Å². The quantitative estimate of drug-likeness (QED) is 0.556. The molecule has 0 atom stereocenters. The smallest absolute Gasteiger partial charge is 0.148 e. The summed E-state index contributed by atoms with van der Waals surface area (Å²) in [6.45, 7) is 4.37. The SMILES string of the molecule is CCOCCn1c(COc2ccc(Cl)cc2)nc2cc(Cl)ccc21. The maximum absolute atomic E-state index is 6.08. The highest BCUT2D eigenvalue weighted by Gasteiger charge is 2.12. The number of aromatic nitrogens is 2. The molecule has 0 spiro atoms. The van der Waals surface area contributed by atoms with Crippen molar-refractivity contribution in [1.82, 2.24) is 9.55 Å². The summed E-state index contributed by atoms with van der Waals surface area (Å²) in [5, 5.41) is 1.35. The van der Waals surface area contributed by atoms with Gasteiger partial charge in [0.05, 0.1) is 17.6 Å². The predicted octanol–water partition coefficient (Wildman–Crippen LogP) is 4.96. The number of ether oxygens (including phenoxy) is 2. The molecule has 6 heteroatoms. The summed E-state index contributed by atoms with van der Waals surface area (Å²) in [6, 6.07) is 13.0. The Bertz CT molecular complexity index is 816. The van der Waals surface area contributed by atoms with E-state index in [9.17, 15) is 0 Å². The molecule has 3 aromatic rings. The maximum Gasteiger partial charge on any atom is 0.148 e. The van der Waals surface area contributed by atoms with Gasteiger partial charge in [0.2, 0.25) is 0 Å². The molecule has 2 aromatic carbocycles.